The number of pyridine rings is 1. The number of amides is 1. The van der Waals surface area contributed by atoms with Crippen molar-refractivity contribution < 1.29 is 24.2 Å². The number of carbonyl (C=O) groups excluding carboxylic acids is 1. The lowest BCUT2D eigenvalue weighted by molar-refractivity contribution is -0.135. The number of aliphatic carboxylic acids is 1. The van der Waals surface area contributed by atoms with E-state index < -0.39 is 30.0 Å². The number of fused-ring (bicyclic) bond motifs is 1. The number of carbonyl (C=O) groups is 2. The highest BCUT2D eigenvalue weighted by atomic mass is 35.5. The van der Waals surface area contributed by atoms with E-state index in [0.29, 0.717) is 11.3 Å². The Labute approximate surface area is 144 Å². The molecule has 0 aliphatic heterocycles. The van der Waals surface area contributed by atoms with Gasteiger partial charge in [-0.1, -0.05) is 11.6 Å². The summed E-state index contributed by atoms with van der Waals surface area (Å²) in [5.41, 5.74) is 0.547. The van der Waals surface area contributed by atoms with Gasteiger partial charge in [0.2, 0.25) is 0 Å². The molecule has 1 aromatic carbocycles. The summed E-state index contributed by atoms with van der Waals surface area (Å²) in [5.74, 6) is -3.09. The van der Waals surface area contributed by atoms with Crippen molar-refractivity contribution in [2.24, 2.45) is 0 Å². The first kappa shape index (κ1) is 16.7. The van der Waals surface area contributed by atoms with Gasteiger partial charge in [0.15, 0.2) is 5.65 Å². The highest BCUT2D eigenvalue weighted by Crippen LogP contribution is 2.31. The van der Waals surface area contributed by atoms with E-state index in [1.807, 2.05) is 0 Å². The van der Waals surface area contributed by atoms with Crippen molar-refractivity contribution in [1.29, 1.82) is 0 Å². The van der Waals surface area contributed by atoms with Crippen LogP contribution in [0.4, 0.5) is 4.39 Å². The first-order valence-electron chi connectivity index (χ1n) is 6.89. The quantitative estimate of drug-likeness (QED) is 0.648. The number of carboxylic acid groups (broad SMARTS) is 1. The Bertz CT molecular complexity index is 1000. The van der Waals surface area contributed by atoms with Crippen LogP contribution in [0.25, 0.3) is 16.9 Å². The third kappa shape index (κ3) is 3.09. The zero-order valence-corrected chi connectivity index (χ0v) is 13.2. The van der Waals surface area contributed by atoms with Crippen molar-refractivity contribution in [3.05, 3.63) is 47.0 Å². The van der Waals surface area contributed by atoms with Gasteiger partial charge in [-0.2, -0.15) is 5.10 Å². The van der Waals surface area contributed by atoms with Crippen molar-refractivity contribution >= 4 is 29.1 Å². The van der Waals surface area contributed by atoms with E-state index in [9.17, 15) is 19.1 Å². The van der Waals surface area contributed by atoms with Crippen LogP contribution in [0.1, 0.15) is 10.4 Å². The molecule has 0 unspecified atom stereocenters. The molecule has 0 saturated heterocycles. The number of carboxylic acids is 1. The van der Waals surface area contributed by atoms with E-state index in [0.717, 1.165) is 12.4 Å². The maximum Gasteiger partial charge on any atom is 0.322 e. The lowest BCUT2D eigenvalue weighted by Gasteiger charge is -2.11. The Hall–Kier alpha value is -3.20. The Balaban J connectivity index is 2.14. The summed E-state index contributed by atoms with van der Waals surface area (Å²) in [6.45, 7) is -0.617. The summed E-state index contributed by atoms with van der Waals surface area (Å²) >= 11 is 5.78. The molecule has 0 fully saturated rings. The van der Waals surface area contributed by atoms with E-state index >= 15 is 0 Å². The van der Waals surface area contributed by atoms with Crippen molar-refractivity contribution in [3.8, 4) is 17.0 Å². The molecule has 0 atom stereocenters. The maximum atomic E-state index is 13.4. The predicted molar refractivity (Wildman–Crippen MR) is 85.0 cm³/mol. The molecule has 0 saturated carbocycles. The minimum Gasteiger partial charge on any atom is -0.507 e. The van der Waals surface area contributed by atoms with Crippen LogP contribution in [-0.2, 0) is 4.79 Å². The van der Waals surface area contributed by atoms with Crippen LogP contribution in [-0.4, -0.2) is 43.2 Å². The van der Waals surface area contributed by atoms with Crippen molar-refractivity contribution in [1.82, 2.24) is 19.9 Å². The van der Waals surface area contributed by atoms with E-state index in [1.165, 1.54) is 22.7 Å². The third-order valence-corrected chi connectivity index (χ3v) is 3.66. The molecule has 0 bridgehead atoms. The van der Waals surface area contributed by atoms with E-state index in [2.05, 4.69) is 15.4 Å². The third-order valence-electron chi connectivity index (χ3n) is 3.37. The van der Waals surface area contributed by atoms with Gasteiger partial charge in [0.25, 0.3) is 5.91 Å². The first-order chi connectivity index (χ1) is 11.9. The molecule has 10 heteroatoms. The number of halogens is 2. The second kappa shape index (κ2) is 6.36. The number of hydrogen-bond donors (Lipinski definition) is 3. The lowest BCUT2D eigenvalue weighted by atomic mass is 10.1. The molecule has 3 rings (SSSR count). The second-order valence-corrected chi connectivity index (χ2v) is 5.40. The molecule has 2 heterocycles. The molecule has 25 heavy (non-hydrogen) atoms. The van der Waals surface area contributed by atoms with Gasteiger partial charge in [-0.05, 0) is 18.2 Å². The molecule has 2 aromatic heterocycles. The van der Waals surface area contributed by atoms with Crippen LogP contribution < -0.4 is 5.32 Å². The Morgan fingerprint density at radius 1 is 1.32 bits per heavy atom. The number of nitrogens with one attached hydrogen (secondary N) is 1. The summed E-state index contributed by atoms with van der Waals surface area (Å²) in [5, 5.41) is 24.9. The fourth-order valence-corrected chi connectivity index (χ4v) is 2.47. The van der Waals surface area contributed by atoms with Crippen molar-refractivity contribution in [2.75, 3.05) is 6.54 Å². The molecule has 1 amide bonds. The first-order valence-corrected chi connectivity index (χ1v) is 7.27. The number of aromatic nitrogens is 3. The molecule has 128 valence electrons. The number of nitrogens with zero attached hydrogens (tertiary/aromatic N) is 3. The smallest absolute Gasteiger partial charge is 0.322 e. The van der Waals surface area contributed by atoms with Crippen LogP contribution in [0.3, 0.4) is 0 Å². The summed E-state index contributed by atoms with van der Waals surface area (Å²) in [6, 6.07) is 5.17. The van der Waals surface area contributed by atoms with Gasteiger partial charge in [-0.3, -0.25) is 9.59 Å². The van der Waals surface area contributed by atoms with E-state index in [4.69, 9.17) is 16.7 Å². The van der Waals surface area contributed by atoms with Crippen molar-refractivity contribution in [3.63, 3.8) is 0 Å². The van der Waals surface area contributed by atoms with Crippen LogP contribution in [0.2, 0.25) is 5.02 Å². The summed E-state index contributed by atoms with van der Waals surface area (Å²) in [7, 11) is 0. The van der Waals surface area contributed by atoms with Gasteiger partial charge < -0.3 is 15.5 Å². The molecule has 3 N–H and O–H groups in total. The highest BCUT2D eigenvalue weighted by Gasteiger charge is 2.21. The average Bonchev–Trinajstić information content (AvgIpc) is 3.03. The molecular weight excluding hydrogens is 355 g/mol. The number of benzene rings is 1. The standard InChI is InChI=1S/C15H10ClFN4O4/c16-8-3-7(1-2-9(8)17)10-4-11(22)13(14-19-6-20-21(10)14)15(25)18-5-12(23)24/h1-4,6,22H,5H2,(H,18,25)(H,23,24). The van der Waals surface area contributed by atoms with Gasteiger partial charge in [-0.25, -0.2) is 13.9 Å². The predicted octanol–water partition coefficient (Wildman–Crippen LogP) is 1.71. The number of aromatic hydroxyl groups is 1. The summed E-state index contributed by atoms with van der Waals surface area (Å²) < 4.78 is 14.6. The normalized spacial score (nSPS) is 10.8. The van der Waals surface area contributed by atoms with Crippen LogP contribution >= 0.6 is 11.6 Å². The van der Waals surface area contributed by atoms with Gasteiger partial charge in [0.1, 0.15) is 30.0 Å². The number of rotatable bonds is 4. The molecule has 0 spiro atoms. The molecule has 0 aliphatic rings. The molecule has 0 aliphatic carbocycles. The van der Waals surface area contributed by atoms with Gasteiger partial charge in [-0.15, -0.1) is 0 Å². The Morgan fingerprint density at radius 2 is 2.08 bits per heavy atom. The highest BCUT2D eigenvalue weighted by molar-refractivity contribution is 6.31. The monoisotopic (exact) mass is 364 g/mol. The molecule has 3 aromatic rings. The van der Waals surface area contributed by atoms with E-state index in [-0.39, 0.29) is 16.2 Å². The molecular formula is C15H10ClFN4O4. The fourth-order valence-electron chi connectivity index (χ4n) is 2.29. The van der Waals surface area contributed by atoms with Crippen LogP contribution in [0.5, 0.6) is 5.75 Å². The molecule has 8 nitrogen and oxygen atoms in total. The van der Waals surface area contributed by atoms with Crippen molar-refractivity contribution in [2.45, 2.75) is 0 Å². The second-order valence-electron chi connectivity index (χ2n) is 4.99. The Morgan fingerprint density at radius 3 is 2.76 bits per heavy atom. The van der Waals surface area contributed by atoms with Gasteiger partial charge in [0, 0.05) is 11.6 Å². The maximum absolute atomic E-state index is 13.4. The zero-order chi connectivity index (χ0) is 18.1. The van der Waals surface area contributed by atoms with E-state index in [1.54, 1.807) is 0 Å². The fraction of sp³-hybridized carbons (Fsp3) is 0.0667. The Kier molecular flexibility index (Phi) is 4.24. The zero-order valence-electron chi connectivity index (χ0n) is 12.4. The van der Waals surface area contributed by atoms with Gasteiger partial charge in [0.05, 0.1) is 10.7 Å². The van der Waals surface area contributed by atoms with Crippen LogP contribution in [0.15, 0.2) is 30.6 Å². The summed E-state index contributed by atoms with van der Waals surface area (Å²) in [4.78, 5) is 26.7. The minimum atomic E-state index is -1.23. The van der Waals surface area contributed by atoms with Crippen LogP contribution in [0, 0.1) is 5.82 Å². The lowest BCUT2D eigenvalue weighted by Crippen LogP contribution is -2.29. The molecule has 0 radical (unpaired) electrons. The van der Waals surface area contributed by atoms with Gasteiger partial charge >= 0.3 is 5.97 Å². The average molecular weight is 365 g/mol. The summed E-state index contributed by atoms with van der Waals surface area (Å²) in [6.07, 6.45) is 1.16. The number of hydrogen-bond acceptors (Lipinski definition) is 5. The largest absolute Gasteiger partial charge is 0.507 e. The minimum absolute atomic E-state index is 0.0123. The SMILES string of the molecule is O=C(O)CNC(=O)c1c(O)cc(-c2ccc(F)c(Cl)c2)n2ncnc12. The topological polar surface area (TPSA) is 117 Å².